The quantitative estimate of drug-likeness (QED) is 0.242. The molecule has 2 aromatic heterocycles. The first-order valence-corrected chi connectivity index (χ1v) is 12.6. The largest absolute Gasteiger partial charge is 0.416 e. The van der Waals surface area contributed by atoms with Gasteiger partial charge < -0.3 is 0 Å². The van der Waals surface area contributed by atoms with E-state index in [-0.39, 0.29) is 22.2 Å². The molecule has 2 aromatic carbocycles. The summed E-state index contributed by atoms with van der Waals surface area (Å²) in [4.78, 5) is 7.05. The molecular weight excluding hydrogens is 513 g/mol. The van der Waals surface area contributed by atoms with Crippen LogP contribution in [0.3, 0.4) is 0 Å². The van der Waals surface area contributed by atoms with E-state index in [1.54, 1.807) is 6.07 Å². The molecule has 1 unspecified atom stereocenters. The Balaban J connectivity index is 1.52. The molecule has 0 radical (unpaired) electrons. The number of halogens is 5. The zero-order valence-corrected chi connectivity index (χ0v) is 19.7. The molecule has 0 spiro atoms. The normalized spacial score (nSPS) is 15.4. The van der Waals surface area contributed by atoms with Crippen molar-refractivity contribution in [3.05, 3.63) is 107 Å². The predicted molar refractivity (Wildman–Crippen MR) is 126 cm³/mol. The summed E-state index contributed by atoms with van der Waals surface area (Å²) in [5.41, 5.74) is 1.87. The van der Waals surface area contributed by atoms with Crippen LogP contribution < -0.4 is 4.72 Å². The van der Waals surface area contributed by atoms with Gasteiger partial charge in [-0.3, -0.25) is 4.72 Å². The smallest absolute Gasteiger partial charge is 0.263 e. The number of pyridine rings is 2. The number of nitrogens with one attached hydrogen (secondary N) is 1. The van der Waals surface area contributed by atoms with E-state index in [9.17, 15) is 30.4 Å². The molecule has 0 aliphatic heterocycles. The van der Waals surface area contributed by atoms with E-state index >= 15 is 0 Å². The highest BCUT2D eigenvalue weighted by Crippen LogP contribution is 2.44. The highest BCUT2D eigenvalue weighted by atomic mass is 32.2. The molecule has 5 nitrogen and oxygen atoms in total. The second kappa shape index (κ2) is 9.22. The number of aryl methyl sites for hydroxylation is 1. The fourth-order valence-electron chi connectivity index (χ4n) is 4.57. The molecule has 11 heteroatoms. The van der Waals surface area contributed by atoms with E-state index in [1.807, 2.05) is 0 Å². The third-order valence-corrected chi connectivity index (χ3v) is 7.60. The number of rotatable bonds is 5. The number of benzene rings is 2. The Morgan fingerprint density at radius 1 is 0.892 bits per heavy atom. The van der Waals surface area contributed by atoms with Gasteiger partial charge in [0, 0.05) is 17.7 Å². The van der Waals surface area contributed by atoms with Crippen LogP contribution in [0.4, 0.5) is 27.8 Å². The van der Waals surface area contributed by atoms with E-state index in [2.05, 4.69) is 14.7 Å². The van der Waals surface area contributed by atoms with E-state index in [0.29, 0.717) is 24.0 Å². The van der Waals surface area contributed by atoms with E-state index in [1.165, 1.54) is 42.6 Å². The minimum atomic E-state index is -4.57. The Labute approximate surface area is 209 Å². The number of hydrogen-bond donors (Lipinski definition) is 1. The fraction of sp³-hybridized carbons (Fsp3) is 0.154. The van der Waals surface area contributed by atoms with Gasteiger partial charge in [0.15, 0.2) is 0 Å². The van der Waals surface area contributed by atoms with Crippen molar-refractivity contribution in [3.8, 4) is 11.1 Å². The Morgan fingerprint density at radius 2 is 1.68 bits per heavy atom. The summed E-state index contributed by atoms with van der Waals surface area (Å²) in [7, 11) is -4.06. The Bertz CT molecular complexity index is 1590. The first kappa shape index (κ1) is 24.8. The average Bonchev–Trinajstić information content (AvgIpc) is 3.27. The monoisotopic (exact) mass is 531 g/mol. The Morgan fingerprint density at radius 3 is 2.38 bits per heavy atom. The van der Waals surface area contributed by atoms with Crippen LogP contribution in [0, 0.1) is 11.9 Å². The molecule has 0 saturated carbocycles. The molecule has 4 aromatic rings. The standard InChI is InChI=1S/C26H18F5N3O2S/c27-23-11-5-16(14-32-23)22-13-17(26(29,30)31)6-9-21(22)20-8-4-15-12-18(7-10-19(15)20)37(35,36)34-25-3-1-2-24(28)33-25/h1-3,5-7,9-14,20H,4,8H2,(H,33,34). The van der Waals surface area contributed by atoms with Crippen molar-refractivity contribution in [3.63, 3.8) is 0 Å². The lowest BCUT2D eigenvalue weighted by Crippen LogP contribution is -2.14. The van der Waals surface area contributed by atoms with Gasteiger partial charge in [-0.15, -0.1) is 0 Å². The number of hydrogen-bond acceptors (Lipinski definition) is 4. The van der Waals surface area contributed by atoms with Gasteiger partial charge in [0.25, 0.3) is 10.0 Å². The van der Waals surface area contributed by atoms with Crippen molar-refractivity contribution in [2.75, 3.05) is 4.72 Å². The van der Waals surface area contributed by atoms with Crippen LogP contribution >= 0.6 is 0 Å². The maximum Gasteiger partial charge on any atom is 0.416 e. The molecule has 0 amide bonds. The first-order valence-electron chi connectivity index (χ1n) is 11.1. The fourth-order valence-corrected chi connectivity index (χ4v) is 5.62. The van der Waals surface area contributed by atoms with Crippen molar-refractivity contribution in [2.45, 2.75) is 29.8 Å². The average molecular weight is 532 g/mol. The molecule has 1 aliphatic rings. The van der Waals surface area contributed by atoms with Crippen molar-refractivity contribution in [1.29, 1.82) is 0 Å². The lowest BCUT2D eigenvalue weighted by molar-refractivity contribution is -0.137. The van der Waals surface area contributed by atoms with Crippen molar-refractivity contribution >= 4 is 15.8 Å². The third kappa shape index (κ3) is 5.04. The summed E-state index contributed by atoms with van der Waals surface area (Å²) in [5, 5.41) is 0. The summed E-state index contributed by atoms with van der Waals surface area (Å²) in [5.74, 6) is -2.06. The SMILES string of the molecule is O=S(=O)(Nc1cccc(F)n1)c1ccc2c(c1)CCC2c1ccc(C(F)(F)F)cc1-c1ccc(F)nc1. The maximum atomic E-state index is 13.5. The minimum Gasteiger partial charge on any atom is -0.263 e. The molecular formula is C26H18F5N3O2S. The van der Waals surface area contributed by atoms with Crippen LogP contribution in [0.5, 0.6) is 0 Å². The minimum absolute atomic E-state index is 0.0478. The Kier molecular flexibility index (Phi) is 6.18. The molecule has 0 saturated heterocycles. The molecule has 5 rings (SSSR count). The summed E-state index contributed by atoms with van der Waals surface area (Å²) in [6.07, 6.45) is -2.36. The summed E-state index contributed by atoms with van der Waals surface area (Å²) in [6.45, 7) is 0. The van der Waals surface area contributed by atoms with Crippen LogP contribution in [0.25, 0.3) is 11.1 Å². The lowest BCUT2D eigenvalue weighted by atomic mass is 9.86. The Hall–Kier alpha value is -3.86. The van der Waals surface area contributed by atoms with Crippen LogP contribution in [-0.4, -0.2) is 18.4 Å². The number of anilines is 1. The highest BCUT2D eigenvalue weighted by molar-refractivity contribution is 7.92. The number of alkyl halides is 3. The summed E-state index contributed by atoms with van der Waals surface area (Å²) >= 11 is 0. The molecule has 37 heavy (non-hydrogen) atoms. The van der Waals surface area contributed by atoms with Crippen molar-refractivity contribution < 1.29 is 30.4 Å². The lowest BCUT2D eigenvalue weighted by Gasteiger charge is -2.19. The second-order valence-electron chi connectivity index (χ2n) is 8.57. The topological polar surface area (TPSA) is 72.0 Å². The number of aromatic nitrogens is 2. The number of fused-ring (bicyclic) bond motifs is 1. The number of nitrogens with zero attached hydrogens (tertiary/aromatic N) is 2. The predicted octanol–water partition coefficient (Wildman–Crippen LogP) is 6.32. The van der Waals surface area contributed by atoms with Gasteiger partial charge in [0.05, 0.1) is 10.5 Å². The van der Waals surface area contributed by atoms with Gasteiger partial charge in [0.2, 0.25) is 11.9 Å². The molecule has 2 heterocycles. The van der Waals surface area contributed by atoms with Crippen LogP contribution in [0.2, 0.25) is 0 Å². The van der Waals surface area contributed by atoms with E-state index in [0.717, 1.165) is 35.4 Å². The van der Waals surface area contributed by atoms with Crippen LogP contribution in [0.1, 0.15) is 34.6 Å². The van der Waals surface area contributed by atoms with Gasteiger partial charge in [-0.2, -0.15) is 22.0 Å². The van der Waals surface area contributed by atoms with Gasteiger partial charge in [-0.05, 0) is 83.6 Å². The first-order chi connectivity index (χ1) is 17.5. The molecule has 190 valence electrons. The van der Waals surface area contributed by atoms with Gasteiger partial charge >= 0.3 is 6.18 Å². The third-order valence-electron chi connectivity index (χ3n) is 6.25. The van der Waals surface area contributed by atoms with Crippen molar-refractivity contribution in [1.82, 2.24) is 9.97 Å². The van der Waals surface area contributed by atoms with E-state index in [4.69, 9.17) is 0 Å². The molecule has 0 fully saturated rings. The zero-order valence-electron chi connectivity index (χ0n) is 18.9. The van der Waals surface area contributed by atoms with Gasteiger partial charge in [-0.1, -0.05) is 18.2 Å². The number of sulfonamides is 1. The molecule has 1 N–H and O–H groups in total. The molecule has 1 atom stereocenters. The maximum absolute atomic E-state index is 13.5. The molecule has 1 aliphatic carbocycles. The van der Waals surface area contributed by atoms with Crippen LogP contribution in [0.15, 0.2) is 77.8 Å². The zero-order chi connectivity index (χ0) is 26.4. The van der Waals surface area contributed by atoms with Gasteiger partial charge in [-0.25, -0.2) is 18.4 Å². The molecule has 0 bridgehead atoms. The highest BCUT2D eigenvalue weighted by Gasteiger charge is 2.33. The van der Waals surface area contributed by atoms with Crippen LogP contribution in [-0.2, 0) is 22.6 Å². The van der Waals surface area contributed by atoms with Gasteiger partial charge in [0.1, 0.15) is 5.82 Å². The van der Waals surface area contributed by atoms with Crippen molar-refractivity contribution in [2.24, 2.45) is 0 Å². The summed E-state index contributed by atoms with van der Waals surface area (Å²) in [6, 6.07) is 14.1. The second-order valence-corrected chi connectivity index (χ2v) is 10.3. The summed E-state index contributed by atoms with van der Waals surface area (Å²) < 4.78 is 95.1. The van der Waals surface area contributed by atoms with E-state index < -0.39 is 33.7 Å².